The quantitative estimate of drug-likeness (QED) is 0.804. The summed E-state index contributed by atoms with van der Waals surface area (Å²) < 4.78 is 5.54. The molecule has 16 heavy (non-hydrogen) atoms. The molecule has 0 spiro atoms. The molecular weight excluding hydrogens is 204 g/mol. The summed E-state index contributed by atoms with van der Waals surface area (Å²) in [7, 11) is 0. The number of hydrogen-bond acceptors (Lipinski definition) is 5. The van der Waals surface area contributed by atoms with E-state index in [9.17, 15) is 0 Å². The van der Waals surface area contributed by atoms with Crippen LogP contribution in [-0.2, 0) is 4.74 Å². The van der Waals surface area contributed by atoms with Gasteiger partial charge in [0.15, 0.2) is 0 Å². The third kappa shape index (κ3) is 3.06. The summed E-state index contributed by atoms with van der Waals surface area (Å²) in [6.45, 7) is 3.67. The molecule has 1 aromatic heterocycles. The van der Waals surface area contributed by atoms with E-state index in [4.69, 9.17) is 10.5 Å². The van der Waals surface area contributed by atoms with Gasteiger partial charge in [0, 0.05) is 24.9 Å². The third-order valence-corrected chi connectivity index (χ3v) is 2.67. The van der Waals surface area contributed by atoms with Crippen LogP contribution in [0.2, 0.25) is 0 Å². The fraction of sp³-hybridized carbons (Fsp3) is 0.636. The van der Waals surface area contributed by atoms with Gasteiger partial charge < -0.3 is 15.8 Å². The molecule has 88 valence electrons. The van der Waals surface area contributed by atoms with Crippen molar-refractivity contribution < 1.29 is 4.74 Å². The maximum Gasteiger partial charge on any atom is 0.222 e. The maximum atomic E-state index is 5.57. The molecule has 2 heterocycles. The highest BCUT2D eigenvalue weighted by Crippen LogP contribution is 2.15. The standard InChI is InChI=1S/C11H18N4O/c1-8-7-10(15-11(12)14-8)13-5-4-9-3-2-6-16-9/h7,9H,2-6H2,1H3,(H3,12,13,14,15). The highest BCUT2D eigenvalue weighted by Gasteiger charge is 2.14. The zero-order valence-corrected chi connectivity index (χ0v) is 9.57. The number of nitrogens with zero attached hydrogens (tertiary/aromatic N) is 2. The Morgan fingerprint density at radius 3 is 3.12 bits per heavy atom. The molecule has 0 saturated carbocycles. The van der Waals surface area contributed by atoms with Crippen molar-refractivity contribution in [2.45, 2.75) is 32.3 Å². The van der Waals surface area contributed by atoms with Gasteiger partial charge in [-0.1, -0.05) is 0 Å². The Morgan fingerprint density at radius 1 is 1.56 bits per heavy atom. The second kappa shape index (κ2) is 5.12. The second-order valence-electron chi connectivity index (χ2n) is 4.10. The largest absolute Gasteiger partial charge is 0.378 e. The van der Waals surface area contributed by atoms with E-state index in [-0.39, 0.29) is 0 Å². The zero-order chi connectivity index (χ0) is 11.4. The van der Waals surface area contributed by atoms with Crippen molar-refractivity contribution in [3.8, 4) is 0 Å². The number of rotatable bonds is 4. The van der Waals surface area contributed by atoms with Gasteiger partial charge in [-0.2, -0.15) is 4.98 Å². The van der Waals surface area contributed by atoms with Crippen molar-refractivity contribution in [1.82, 2.24) is 9.97 Å². The van der Waals surface area contributed by atoms with E-state index >= 15 is 0 Å². The van der Waals surface area contributed by atoms with Crippen molar-refractivity contribution in [1.29, 1.82) is 0 Å². The summed E-state index contributed by atoms with van der Waals surface area (Å²) in [6.07, 6.45) is 3.78. The van der Waals surface area contributed by atoms with Crippen molar-refractivity contribution in [2.24, 2.45) is 0 Å². The van der Waals surface area contributed by atoms with Crippen LogP contribution in [0.4, 0.5) is 11.8 Å². The molecule has 1 aromatic rings. The van der Waals surface area contributed by atoms with Gasteiger partial charge >= 0.3 is 0 Å². The molecule has 1 saturated heterocycles. The molecule has 1 fully saturated rings. The molecule has 0 aliphatic carbocycles. The van der Waals surface area contributed by atoms with E-state index in [1.807, 2.05) is 13.0 Å². The number of nitrogen functional groups attached to an aromatic ring is 1. The van der Waals surface area contributed by atoms with Crippen LogP contribution in [0.15, 0.2) is 6.07 Å². The molecular formula is C11H18N4O. The second-order valence-corrected chi connectivity index (χ2v) is 4.10. The molecule has 2 rings (SSSR count). The lowest BCUT2D eigenvalue weighted by Crippen LogP contribution is -2.13. The van der Waals surface area contributed by atoms with Gasteiger partial charge in [-0.05, 0) is 26.2 Å². The maximum absolute atomic E-state index is 5.57. The van der Waals surface area contributed by atoms with Gasteiger partial charge in [0.05, 0.1) is 6.10 Å². The fourth-order valence-electron chi connectivity index (χ4n) is 1.92. The molecule has 1 atom stereocenters. The first kappa shape index (κ1) is 11.1. The molecule has 0 radical (unpaired) electrons. The smallest absolute Gasteiger partial charge is 0.222 e. The minimum Gasteiger partial charge on any atom is -0.378 e. The fourth-order valence-corrected chi connectivity index (χ4v) is 1.92. The van der Waals surface area contributed by atoms with Gasteiger partial charge in [0.2, 0.25) is 5.95 Å². The lowest BCUT2D eigenvalue weighted by molar-refractivity contribution is 0.107. The van der Waals surface area contributed by atoms with Crippen LogP contribution in [0, 0.1) is 6.92 Å². The van der Waals surface area contributed by atoms with Crippen LogP contribution >= 0.6 is 0 Å². The normalized spacial score (nSPS) is 19.9. The van der Waals surface area contributed by atoms with E-state index in [1.54, 1.807) is 0 Å². The summed E-state index contributed by atoms with van der Waals surface area (Å²) in [5.41, 5.74) is 6.45. The van der Waals surface area contributed by atoms with Crippen molar-refractivity contribution in [3.05, 3.63) is 11.8 Å². The van der Waals surface area contributed by atoms with Crippen LogP contribution in [0.3, 0.4) is 0 Å². The zero-order valence-electron chi connectivity index (χ0n) is 9.57. The minimum absolute atomic E-state index is 0.319. The molecule has 1 aliphatic heterocycles. The lowest BCUT2D eigenvalue weighted by atomic mass is 10.2. The Kier molecular flexibility index (Phi) is 3.56. The molecule has 0 aromatic carbocycles. The van der Waals surface area contributed by atoms with Gasteiger partial charge in [0.1, 0.15) is 5.82 Å². The topological polar surface area (TPSA) is 73.1 Å². The minimum atomic E-state index is 0.319. The number of nitrogens with two attached hydrogens (primary N) is 1. The highest BCUT2D eigenvalue weighted by molar-refractivity contribution is 5.39. The van der Waals surface area contributed by atoms with Gasteiger partial charge in [-0.15, -0.1) is 0 Å². The van der Waals surface area contributed by atoms with Gasteiger partial charge in [-0.25, -0.2) is 4.98 Å². The number of nitrogens with one attached hydrogen (secondary N) is 1. The van der Waals surface area contributed by atoms with Crippen molar-refractivity contribution >= 4 is 11.8 Å². The van der Waals surface area contributed by atoms with E-state index in [1.165, 1.54) is 12.8 Å². The third-order valence-electron chi connectivity index (χ3n) is 2.67. The Labute approximate surface area is 95.4 Å². The summed E-state index contributed by atoms with van der Waals surface area (Å²) in [4.78, 5) is 8.13. The van der Waals surface area contributed by atoms with E-state index in [0.717, 1.165) is 31.1 Å². The first-order valence-electron chi connectivity index (χ1n) is 5.70. The van der Waals surface area contributed by atoms with Crippen molar-refractivity contribution in [3.63, 3.8) is 0 Å². The Balaban J connectivity index is 1.80. The average Bonchev–Trinajstić information content (AvgIpc) is 2.69. The molecule has 5 nitrogen and oxygen atoms in total. The van der Waals surface area contributed by atoms with Gasteiger partial charge in [0.25, 0.3) is 0 Å². The van der Waals surface area contributed by atoms with E-state index < -0.39 is 0 Å². The monoisotopic (exact) mass is 222 g/mol. The first-order chi connectivity index (χ1) is 7.74. The van der Waals surface area contributed by atoms with Crippen LogP contribution in [-0.4, -0.2) is 29.2 Å². The summed E-state index contributed by atoms with van der Waals surface area (Å²) in [5.74, 6) is 1.11. The van der Waals surface area contributed by atoms with Crippen LogP contribution in [0.5, 0.6) is 0 Å². The molecule has 0 bridgehead atoms. The summed E-state index contributed by atoms with van der Waals surface area (Å²) >= 11 is 0. The van der Waals surface area contributed by atoms with Crippen molar-refractivity contribution in [2.75, 3.05) is 24.2 Å². The molecule has 1 aliphatic rings. The number of aryl methyl sites for hydroxylation is 1. The van der Waals surface area contributed by atoms with E-state index in [2.05, 4.69) is 15.3 Å². The molecule has 3 N–H and O–H groups in total. The Bertz CT molecular complexity index is 330. The Morgan fingerprint density at radius 2 is 2.44 bits per heavy atom. The number of anilines is 2. The highest BCUT2D eigenvalue weighted by atomic mass is 16.5. The van der Waals surface area contributed by atoms with Crippen LogP contribution in [0.25, 0.3) is 0 Å². The average molecular weight is 222 g/mol. The summed E-state index contributed by atoms with van der Waals surface area (Å²) in [6, 6.07) is 1.89. The number of ether oxygens (including phenoxy) is 1. The Hall–Kier alpha value is -1.36. The molecule has 0 amide bonds. The number of aromatic nitrogens is 2. The predicted molar refractivity (Wildman–Crippen MR) is 63.3 cm³/mol. The molecule has 5 heteroatoms. The molecule has 1 unspecified atom stereocenters. The lowest BCUT2D eigenvalue weighted by Gasteiger charge is -2.10. The predicted octanol–water partition coefficient (Wildman–Crippen LogP) is 1.35. The van der Waals surface area contributed by atoms with Gasteiger partial charge in [-0.3, -0.25) is 0 Å². The summed E-state index contributed by atoms with van der Waals surface area (Å²) in [5, 5.41) is 3.24. The van der Waals surface area contributed by atoms with E-state index in [0.29, 0.717) is 12.1 Å². The first-order valence-corrected chi connectivity index (χ1v) is 5.70. The van der Waals surface area contributed by atoms with Crippen LogP contribution in [0.1, 0.15) is 25.0 Å². The van der Waals surface area contributed by atoms with Crippen LogP contribution < -0.4 is 11.1 Å². The SMILES string of the molecule is Cc1cc(NCCC2CCCO2)nc(N)n1. The number of hydrogen-bond donors (Lipinski definition) is 2.